The molecule has 2 aliphatic rings. The Balaban J connectivity index is 1.87. The molecule has 2 heterocycles. The minimum atomic E-state index is -0.870. The normalized spacial score (nSPS) is 29.4. The van der Waals surface area contributed by atoms with Crippen molar-refractivity contribution in [2.75, 3.05) is 0 Å². The molecule has 1 N–H and O–H groups in total. The highest BCUT2D eigenvalue weighted by atomic mass is 16.4. The van der Waals surface area contributed by atoms with Gasteiger partial charge in [-0.3, -0.25) is 4.79 Å². The lowest BCUT2D eigenvalue weighted by molar-refractivity contribution is -0.152. The maximum absolute atomic E-state index is 12.7. The van der Waals surface area contributed by atoms with E-state index in [1.165, 1.54) is 5.56 Å². The molecule has 1 aromatic carbocycles. The van der Waals surface area contributed by atoms with E-state index in [0.717, 1.165) is 24.8 Å². The molecular weight excluding hydrogens is 254 g/mol. The van der Waals surface area contributed by atoms with E-state index in [2.05, 4.69) is 0 Å². The molecule has 1 aromatic rings. The Morgan fingerprint density at radius 3 is 2.45 bits per heavy atom. The number of aliphatic carboxylic acids is 1. The summed E-state index contributed by atoms with van der Waals surface area (Å²) >= 11 is 0. The number of hydrogen-bond donors (Lipinski definition) is 1. The standard InChI is InChI=1S/C16H19NO3/c1-10-2-4-11(5-3-10)13-8-6-12-7-9-14(16(19)20)17(12)15(13)18/h2-5,12-14H,6-9H2,1H3,(H,19,20)/t12-,13?,14?/m0/s1. The van der Waals surface area contributed by atoms with E-state index in [0.29, 0.717) is 6.42 Å². The van der Waals surface area contributed by atoms with Gasteiger partial charge in [0.2, 0.25) is 5.91 Å². The number of hydrogen-bond acceptors (Lipinski definition) is 2. The lowest BCUT2D eigenvalue weighted by Gasteiger charge is -2.37. The van der Waals surface area contributed by atoms with Crippen molar-refractivity contribution in [1.29, 1.82) is 0 Å². The van der Waals surface area contributed by atoms with Crippen molar-refractivity contribution in [2.45, 2.75) is 50.6 Å². The van der Waals surface area contributed by atoms with Crippen molar-refractivity contribution in [3.63, 3.8) is 0 Å². The minimum Gasteiger partial charge on any atom is -0.480 e. The van der Waals surface area contributed by atoms with E-state index in [1.54, 1.807) is 4.90 Å². The smallest absolute Gasteiger partial charge is 0.326 e. The molecule has 0 aromatic heterocycles. The minimum absolute atomic E-state index is 0.00463. The van der Waals surface area contributed by atoms with Crippen LogP contribution in [0.5, 0.6) is 0 Å². The van der Waals surface area contributed by atoms with Crippen molar-refractivity contribution >= 4 is 11.9 Å². The maximum Gasteiger partial charge on any atom is 0.326 e. The number of amides is 1. The molecule has 3 atom stereocenters. The van der Waals surface area contributed by atoms with Crippen molar-refractivity contribution in [1.82, 2.24) is 4.90 Å². The zero-order chi connectivity index (χ0) is 14.3. The van der Waals surface area contributed by atoms with E-state index in [-0.39, 0.29) is 17.9 Å². The van der Waals surface area contributed by atoms with Gasteiger partial charge in [-0.15, -0.1) is 0 Å². The summed E-state index contributed by atoms with van der Waals surface area (Å²) in [5.41, 5.74) is 2.18. The Morgan fingerprint density at radius 2 is 1.80 bits per heavy atom. The molecule has 2 aliphatic heterocycles. The summed E-state index contributed by atoms with van der Waals surface area (Å²) in [6, 6.07) is 7.50. The first-order valence-electron chi connectivity index (χ1n) is 7.19. The number of benzene rings is 1. The molecule has 0 saturated carbocycles. The van der Waals surface area contributed by atoms with E-state index in [4.69, 9.17) is 0 Å². The summed E-state index contributed by atoms with van der Waals surface area (Å²) in [6.07, 6.45) is 3.15. The molecule has 0 radical (unpaired) electrons. The van der Waals surface area contributed by atoms with Crippen LogP contribution < -0.4 is 0 Å². The predicted octanol–water partition coefficient (Wildman–Crippen LogP) is 2.32. The summed E-state index contributed by atoms with van der Waals surface area (Å²) in [5.74, 6) is -1.05. The number of fused-ring (bicyclic) bond motifs is 1. The fraction of sp³-hybridized carbons (Fsp3) is 0.500. The number of aryl methyl sites for hydroxylation is 1. The van der Waals surface area contributed by atoms with Gasteiger partial charge in [0.15, 0.2) is 0 Å². The van der Waals surface area contributed by atoms with Crippen molar-refractivity contribution in [2.24, 2.45) is 0 Å². The second-order valence-electron chi connectivity index (χ2n) is 5.87. The molecule has 2 fully saturated rings. The lowest BCUT2D eigenvalue weighted by Crippen LogP contribution is -2.49. The zero-order valence-corrected chi connectivity index (χ0v) is 11.6. The molecule has 0 spiro atoms. The van der Waals surface area contributed by atoms with Gasteiger partial charge in [-0.1, -0.05) is 29.8 Å². The highest BCUT2D eigenvalue weighted by Crippen LogP contribution is 2.38. The molecule has 2 unspecified atom stereocenters. The Kier molecular flexibility index (Phi) is 3.24. The average Bonchev–Trinajstić information content (AvgIpc) is 2.85. The van der Waals surface area contributed by atoms with E-state index >= 15 is 0 Å². The van der Waals surface area contributed by atoms with Gasteiger partial charge in [-0.05, 0) is 38.2 Å². The van der Waals surface area contributed by atoms with Crippen molar-refractivity contribution in [3.8, 4) is 0 Å². The SMILES string of the molecule is Cc1ccc(C2CC[C@H]3CCC(C(=O)O)N3C2=O)cc1. The average molecular weight is 273 g/mol. The molecule has 20 heavy (non-hydrogen) atoms. The number of rotatable bonds is 2. The second kappa shape index (κ2) is 4.93. The van der Waals surface area contributed by atoms with Gasteiger partial charge < -0.3 is 10.0 Å². The van der Waals surface area contributed by atoms with Crippen LogP contribution in [-0.2, 0) is 9.59 Å². The van der Waals surface area contributed by atoms with Crippen LogP contribution in [0, 0.1) is 6.92 Å². The number of carboxylic acids is 1. The van der Waals surface area contributed by atoms with E-state index < -0.39 is 12.0 Å². The highest BCUT2D eigenvalue weighted by Gasteiger charge is 2.46. The van der Waals surface area contributed by atoms with Crippen LogP contribution in [0.15, 0.2) is 24.3 Å². The van der Waals surface area contributed by atoms with Gasteiger partial charge in [0, 0.05) is 6.04 Å². The summed E-state index contributed by atoms with van der Waals surface area (Å²) in [5, 5.41) is 9.27. The molecule has 1 amide bonds. The van der Waals surface area contributed by atoms with Crippen LogP contribution in [0.1, 0.15) is 42.7 Å². The number of nitrogens with zero attached hydrogens (tertiary/aromatic N) is 1. The number of piperidine rings is 1. The van der Waals surface area contributed by atoms with Gasteiger partial charge in [-0.2, -0.15) is 0 Å². The first-order chi connectivity index (χ1) is 9.58. The maximum atomic E-state index is 12.7. The van der Waals surface area contributed by atoms with Gasteiger partial charge in [0.1, 0.15) is 6.04 Å². The number of carbonyl (C=O) groups excluding carboxylic acids is 1. The first kappa shape index (κ1) is 13.2. The van der Waals surface area contributed by atoms with Crippen LogP contribution in [-0.4, -0.2) is 34.0 Å². The van der Waals surface area contributed by atoms with Gasteiger partial charge in [0.05, 0.1) is 5.92 Å². The zero-order valence-electron chi connectivity index (χ0n) is 11.6. The number of carbonyl (C=O) groups is 2. The molecule has 4 heteroatoms. The summed E-state index contributed by atoms with van der Waals surface area (Å²) in [7, 11) is 0. The van der Waals surface area contributed by atoms with Crippen LogP contribution in [0.4, 0.5) is 0 Å². The second-order valence-corrected chi connectivity index (χ2v) is 5.87. The third-order valence-corrected chi connectivity index (χ3v) is 4.61. The van der Waals surface area contributed by atoms with E-state index in [9.17, 15) is 14.7 Å². The topological polar surface area (TPSA) is 57.6 Å². The quantitative estimate of drug-likeness (QED) is 0.899. The number of carboxylic acid groups (broad SMARTS) is 1. The Morgan fingerprint density at radius 1 is 1.15 bits per heavy atom. The third-order valence-electron chi connectivity index (χ3n) is 4.61. The molecule has 3 rings (SSSR count). The molecular formula is C16H19NO3. The van der Waals surface area contributed by atoms with Gasteiger partial charge in [-0.25, -0.2) is 4.79 Å². The molecule has 2 saturated heterocycles. The Labute approximate surface area is 118 Å². The van der Waals surface area contributed by atoms with Crippen molar-refractivity contribution < 1.29 is 14.7 Å². The fourth-order valence-corrected chi connectivity index (χ4v) is 3.51. The molecule has 106 valence electrons. The van der Waals surface area contributed by atoms with Crippen molar-refractivity contribution in [3.05, 3.63) is 35.4 Å². The molecule has 4 nitrogen and oxygen atoms in total. The lowest BCUT2D eigenvalue weighted by atomic mass is 9.86. The first-order valence-corrected chi connectivity index (χ1v) is 7.19. The fourth-order valence-electron chi connectivity index (χ4n) is 3.51. The summed E-state index contributed by atoms with van der Waals surface area (Å²) in [4.78, 5) is 25.6. The highest BCUT2D eigenvalue weighted by molar-refractivity contribution is 5.89. The Hall–Kier alpha value is -1.84. The molecule has 0 aliphatic carbocycles. The third kappa shape index (κ3) is 2.09. The van der Waals surface area contributed by atoms with Crippen LogP contribution in [0.3, 0.4) is 0 Å². The monoisotopic (exact) mass is 273 g/mol. The van der Waals surface area contributed by atoms with Gasteiger partial charge >= 0.3 is 5.97 Å². The predicted molar refractivity (Wildman–Crippen MR) is 74.4 cm³/mol. The Bertz CT molecular complexity index is 537. The van der Waals surface area contributed by atoms with Gasteiger partial charge in [0.25, 0.3) is 0 Å². The van der Waals surface area contributed by atoms with Crippen LogP contribution in [0.25, 0.3) is 0 Å². The summed E-state index contributed by atoms with van der Waals surface area (Å²) in [6.45, 7) is 2.02. The van der Waals surface area contributed by atoms with E-state index in [1.807, 2.05) is 31.2 Å². The summed E-state index contributed by atoms with van der Waals surface area (Å²) < 4.78 is 0. The van der Waals surface area contributed by atoms with Crippen LogP contribution in [0.2, 0.25) is 0 Å². The van der Waals surface area contributed by atoms with Crippen LogP contribution >= 0.6 is 0 Å². The largest absolute Gasteiger partial charge is 0.480 e. The molecule has 0 bridgehead atoms.